The number of hydrogen-bond donors (Lipinski definition) is 2. The molecule has 1 aliphatic rings. The molecule has 1 heterocycles. The number of ether oxygens (including phenoxy) is 2. The molecule has 1 aliphatic heterocycles. The molecule has 0 saturated carbocycles. The Kier molecular flexibility index (Phi) is 4.61. The first-order valence-corrected chi connectivity index (χ1v) is 8.19. The molecular weight excluding hydrogens is 328 g/mol. The molecule has 0 saturated heterocycles. The van der Waals surface area contributed by atoms with Crippen LogP contribution in [0.5, 0.6) is 11.5 Å². The monoisotopic (exact) mass is 344 g/mol. The number of carbonyl (C=O) groups excluding carboxylic acids is 2. The molecule has 0 spiro atoms. The van der Waals surface area contributed by atoms with Gasteiger partial charge in [0.25, 0.3) is 5.91 Å². The summed E-state index contributed by atoms with van der Waals surface area (Å²) in [5, 5.41) is 5.58. The lowest BCUT2D eigenvalue weighted by Crippen LogP contribution is -2.20. The highest BCUT2D eigenvalue weighted by molar-refractivity contribution is 8.00. The zero-order valence-corrected chi connectivity index (χ0v) is 14.0. The summed E-state index contributed by atoms with van der Waals surface area (Å²) in [4.78, 5) is 24.9. The molecule has 0 aromatic heterocycles. The van der Waals surface area contributed by atoms with Gasteiger partial charge in [0.05, 0.1) is 31.3 Å². The standard InChI is InChI=1S/C17H16N2O4S/c1-22-11-4-5-12(14(8-11)23-2)19-17(21)10-3-6-15-13(7-10)18-16(20)9-24-15/h3-8H,9H2,1-2H3,(H,18,20)(H,19,21). The first kappa shape index (κ1) is 16.2. The summed E-state index contributed by atoms with van der Waals surface area (Å²) in [7, 11) is 3.09. The van der Waals surface area contributed by atoms with Crippen LogP contribution in [-0.4, -0.2) is 31.8 Å². The maximum atomic E-state index is 12.5. The second kappa shape index (κ2) is 6.84. The summed E-state index contributed by atoms with van der Waals surface area (Å²) in [5.74, 6) is 1.18. The molecule has 7 heteroatoms. The lowest BCUT2D eigenvalue weighted by Gasteiger charge is -2.17. The Morgan fingerprint density at radius 1 is 1.17 bits per heavy atom. The van der Waals surface area contributed by atoms with Crippen molar-refractivity contribution in [1.29, 1.82) is 0 Å². The average Bonchev–Trinajstić information content (AvgIpc) is 2.61. The summed E-state index contributed by atoms with van der Waals surface area (Å²) in [5.41, 5.74) is 1.65. The van der Waals surface area contributed by atoms with Gasteiger partial charge in [-0.3, -0.25) is 9.59 Å². The lowest BCUT2D eigenvalue weighted by atomic mass is 10.1. The van der Waals surface area contributed by atoms with Crippen LogP contribution in [0.1, 0.15) is 10.4 Å². The van der Waals surface area contributed by atoms with E-state index in [4.69, 9.17) is 9.47 Å². The van der Waals surface area contributed by atoms with Crippen LogP contribution in [0.3, 0.4) is 0 Å². The molecule has 24 heavy (non-hydrogen) atoms. The smallest absolute Gasteiger partial charge is 0.255 e. The van der Waals surface area contributed by atoms with Crippen molar-refractivity contribution in [3.05, 3.63) is 42.0 Å². The number of anilines is 2. The second-order valence-electron chi connectivity index (χ2n) is 5.07. The van der Waals surface area contributed by atoms with Gasteiger partial charge in [0.15, 0.2) is 0 Å². The van der Waals surface area contributed by atoms with Gasteiger partial charge in [-0.15, -0.1) is 11.8 Å². The minimum Gasteiger partial charge on any atom is -0.497 e. The van der Waals surface area contributed by atoms with Gasteiger partial charge in [-0.25, -0.2) is 0 Å². The third kappa shape index (κ3) is 3.30. The molecule has 124 valence electrons. The number of hydrogen-bond acceptors (Lipinski definition) is 5. The van der Waals surface area contributed by atoms with Gasteiger partial charge in [0.2, 0.25) is 5.91 Å². The minimum atomic E-state index is -0.286. The van der Waals surface area contributed by atoms with Crippen LogP contribution in [-0.2, 0) is 4.79 Å². The molecule has 0 unspecified atom stereocenters. The van der Waals surface area contributed by atoms with E-state index in [0.717, 1.165) is 4.90 Å². The Morgan fingerprint density at radius 2 is 2.00 bits per heavy atom. The summed E-state index contributed by atoms with van der Waals surface area (Å²) in [6, 6.07) is 10.4. The van der Waals surface area contributed by atoms with Crippen molar-refractivity contribution in [2.24, 2.45) is 0 Å². The highest BCUT2D eigenvalue weighted by Crippen LogP contribution is 2.33. The van der Waals surface area contributed by atoms with Crippen LogP contribution < -0.4 is 20.1 Å². The summed E-state index contributed by atoms with van der Waals surface area (Å²) >= 11 is 1.45. The van der Waals surface area contributed by atoms with Crippen molar-refractivity contribution >= 4 is 35.0 Å². The quantitative estimate of drug-likeness (QED) is 0.892. The molecular formula is C17H16N2O4S. The van der Waals surface area contributed by atoms with Crippen molar-refractivity contribution in [1.82, 2.24) is 0 Å². The molecule has 0 aliphatic carbocycles. The van der Waals surface area contributed by atoms with Crippen LogP contribution in [0.15, 0.2) is 41.3 Å². The van der Waals surface area contributed by atoms with Crippen LogP contribution in [0, 0.1) is 0 Å². The number of rotatable bonds is 4. The number of methoxy groups -OCH3 is 2. The first-order chi connectivity index (χ1) is 11.6. The zero-order valence-electron chi connectivity index (χ0n) is 13.2. The summed E-state index contributed by atoms with van der Waals surface area (Å²) < 4.78 is 10.4. The topological polar surface area (TPSA) is 76.7 Å². The Balaban J connectivity index is 1.83. The van der Waals surface area contributed by atoms with E-state index < -0.39 is 0 Å². The maximum absolute atomic E-state index is 12.5. The van der Waals surface area contributed by atoms with E-state index in [0.29, 0.717) is 34.2 Å². The van der Waals surface area contributed by atoms with Crippen LogP contribution in [0.2, 0.25) is 0 Å². The molecule has 3 rings (SSSR count). The van der Waals surface area contributed by atoms with E-state index in [1.165, 1.54) is 18.9 Å². The maximum Gasteiger partial charge on any atom is 0.255 e. The zero-order chi connectivity index (χ0) is 17.1. The van der Waals surface area contributed by atoms with Crippen LogP contribution in [0.25, 0.3) is 0 Å². The number of thioether (sulfide) groups is 1. The molecule has 2 aromatic rings. The van der Waals surface area contributed by atoms with Crippen LogP contribution in [0.4, 0.5) is 11.4 Å². The number of fused-ring (bicyclic) bond motifs is 1. The first-order valence-electron chi connectivity index (χ1n) is 7.21. The van der Waals surface area contributed by atoms with Gasteiger partial charge in [0, 0.05) is 16.5 Å². The van der Waals surface area contributed by atoms with Crippen molar-refractivity contribution in [3.8, 4) is 11.5 Å². The summed E-state index contributed by atoms with van der Waals surface area (Å²) in [6.45, 7) is 0. The second-order valence-corrected chi connectivity index (χ2v) is 6.09. The summed E-state index contributed by atoms with van der Waals surface area (Å²) in [6.07, 6.45) is 0. The fraction of sp³-hybridized carbons (Fsp3) is 0.176. The molecule has 0 fully saturated rings. The predicted octanol–water partition coefficient (Wildman–Crippen LogP) is 3.00. The number of nitrogens with one attached hydrogen (secondary N) is 2. The van der Waals surface area contributed by atoms with Gasteiger partial charge in [0.1, 0.15) is 11.5 Å². The SMILES string of the molecule is COc1ccc(NC(=O)c2ccc3c(c2)NC(=O)CS3)c(OC)c1. The van der Waals surface area contributed by atoms with E-state index in [2.05, 4.69) is 10.6 Å². The molecule has 6 nitrogen and oxygen atoms in total. The fourth-order valence-electron chi connectivity index (χ4n) is 2.32. The Labute approximate surface area is 143 Å². The lowest BCUT2D eigenvalue weighted by molar-refractivity contribution is -0.113. The van der Waals surface area contributed by atoms with E-state index in [9.17, 15) is 9.59 Å². The minimum absolute atomic E-state index is 0.0677. The van der Waals surface area contributed by atoms with Crippen molar-refractivity contribution in [2.75, 3.05) is 30.6 Å². The normalized spacial score (nSPS) is 12.8. The third-order valence-electron chi connectivity index (χ3n) is 3.53. The van der Waals surface area contributed by atoms with Gasteiger partial charge in [-0.05, 0) is 30.3 Å². The van der Waals surface area contributed by atoms with Crippen molar-refractivity contribution in [3.63, 3.8) is 0 Å². The molecule has 2 amide bonds. The van der Waals surface area contributed by atoms with Gasteiger partial charge >= 0.3 is 0 Å². The number of carbonyl (C=O) groups is 2. The third-order valence-corrected chi connectivity index (χ3v) is 4.61. The average molecular weight is 344 g/mol. The van der Waals surface area contributed by atoms with E-state index >= 15 is 0 Å². The highest BCUT2D eigenvalue weighted by Gasteiger charge is 2.18. The molecule has 0 bridgehead atoms. The van der Waals surface area contributed by atoms with Gasteiger partial charge in [-0.2, -0.15) is 0 Å². The van der Waals surface area contributed by atoms with Crippen molar-refractivity contribution < 1.29 is 19.1 Å². The molecule has 2 aromatic carbocycles. The van der Waals surface area contributed by atoms with Crippen LogP contribution >= 0.6 is 11.8 Å². The number of benzene rings is 2. The Hall–Kier alpha value is -2.67. The molecule has 2 N–H and O–H groups in total. The van der Waals surface area contributed by atoms with Gasteiger partial charge < -0.3 is 20.1 Å². The van der Waals surface area contributed by atoms with Crippen molar-refractivity contribution in [2.45, 2.75) is 4.90 Å². The highest BCUT2D eigenvalue weighted by atomic mass is 32.2. The molecule has 0 radical (unpaired) electrons. The Morgan fingerprint density at radius 3 is 2.75 bits per heavy atom. The largest absolute Gasteiger partial charge is 0.497 e. The Bertz CT molecular complexity index is 807. The molecule has 0 atom stereocenters. The predicted molar refractivity (Wildman–Crippen MR) is 93.3 cm³/mol. The van der Waals surface area contributed by atoms with E-state index in [1.807, 2.05) is 6.07 Å². The fourth-order valence-corrected chi connectivity index (χ4v) is 3.11. The van der Waals surface area contributed by atoms with E-state index in [1.54, 1.807) is 37.4 Å². The number of amides is 2. The van der Waals surface area contributed by atoms with E-state index in [-0.39, 0.29) is 11.8 Å². The van der Waals surface area contributed by atoms with Gasteiger partial charge in [-0.1, -0.05) is 0 Å².